The maximum atomic E-state index is 9.06. The van der Waals surface area contributed by atoms with Gasteiger partial charge in [-0.2, -0.15) is 0 Å². The first-order chi connectivity index (χ1) is 9.22. The van der Waals surface area contributed by atoms with Crippen LogP contribution in [0.5, 0.6) is 0 Å². The second kappa shape index (κ2) is 6.92. The molecule has 0 unspecified atom stereocenters. The molecule has 0 bridgehead atoms. The minimum absolute atomic E-state index is 0.256. The molecule has 1 aromatic carbocycles. The van der Waals surface area contributed by atoms with Crippen LogP contribution in [0.2, 0.25) is 0 Å². The summed E-state index contributed by atoms with van der Waals surface area (Å²) in [5.41, 5.74) is 2.67. The molecule has 2 N–H and O–H groups in total. The van der Waals surface area contributed by atoms with Crippen LogP contribution in [0.25, 0.3) is 0 Å². The third-order valence-corrected chi connectivity index (χ3v) is 3.64. The molecular formula is C16H26N2O. The molecule has 3 nitrogen and oxygen atoms in total. The van der Waals surface area contributed by atoms with Crippen molar-refractivity contribution in [2.45, 2.75) is 51.7 Å². The van der Waals surface area contributed by atoms with Crippen molar-refractivity contribution < 1.29 is 5.11 Å². The first kappa shape index (κ1) is 14.4. The Balaban J connectivity index is 2.09. The Bertz CT molecular complexity index is 388. The van der Waals surface area contributed by atoms with Crippen molar-refractivity contribution >= 4 is 5.69 Å². The molecule has 0 radical (unpaired) electrons. The maximum Gasteiger partial charge on any atom is 0.0447 e. The number of nitrogens with zero attached hydrogens (tertiary/aromatic N) is 1. The van der Waals surface area contributed by atoms with Crippen LogP contribution >= 0.6 is 0 Å². The molecule has 0 heterocycles. The van der Waals surface area contributed by atoms with E-state index < -0.39 is 0 Å². The van der Waals surface area contributed by atoms with Crippen LogP contribution in [0.15, 0.2) is 24.3 Å². The summed E-state index contributed by atoms with van der Waals surface area (Å²) in [5, 5.41) is 12.6. The van der Waals surface area contributed by atoms with E-state index in [4.69, 9.17) is 5.11 Å². The van der Waals surface area contributed by atoms with Gasteiger partial charge in [0.1, 0.15) is 0 Å². The van der Waals surface area contributed by atoms with Crippen molar-refractivity contribution in [3.05, 3.63) is 29.8 Å². The van der Waals surface area contributed by atoms with Gasteiger partial charge in [-0.1, -0.05) is 18.2 Å². The van der Waals surface area contributed by atoms with Gasteiger partial charge in [-0.05, 0) is 44.7 Å². The highest BCUT2D eigenvalue weighted by molar-refractivity contribution is 5.54. The van der Waals surface area contributed by atoms with E-state index in [1.54, 1.807) is 0 Å². The summed E-state index contributed by atoms with van der Waals surface area (Å²) in [7, 11) is 0. The largest absolute Gasteiger partial charge is 0.396 e. The summed E-state index contributed by atoms with van der Waals surface area (Å²) in [4.78, 5) is 2.39. The summed E-state index contributed by atoms with van der Waals surface area (Å²) in [6.07, 6.45) is 3.46. The van der Waals surface area contributed by atoms with E-state index in [-0.39, 0.29) is 6.61 Å². The molecule has 0 aromatic heterocycles. The van der Waals surface area contributed by atoms with Crippen LogP contribution in [0.3, 0.4) is 0 Å². The third kappa shape index (κ3) is 4.22. The zero-order valence-electron chi connectivity index (χ0n) is 12.1. The molecule has 0 saturated heterocycles. The van der Waals surface area contributed by atoms with Gasteiger partial charge in [-0.15, -0.1) is 0 Å². The topological polar surface area (TPSA) is 35.5 Å². The minimum atomic E-state index is 0.256. The zero-order chi connectivity index (χ0) is 13.7. The molecule has 2 rings (SSSR count). The fourth-order valence-electron chi connectivity index (χ4n) is 2.38. The lowest BCUT2D eigenvalue weighted by Gasteiger charge is -2.31. The van der Waals surface area contributed by atoms with Gasteiger partial charge >= 0.3 is 0 Å². The molecule has 106 valence electrons. The number of anilines is 1. The summed E-state index contributed by atoms with van der Waals surface area (Å²) in [6, 6.07) is 9.80. The van der Waals surface area contributed by atoms with Gasteiger partial charge in [0.05, 0.1) is 0 Å². The maximum absolute atomic E-state index is 9.06. The number of benzene rings is 1. The average Bonchev–Trinajstić information content (AvgIpc) is 3.21. The first-order valence-corrected chi connectivity index (χ1v) is 7.41. The smallest absolute Gasteiger partial charge is 0.0447 e. The van der Waals surface area contributed by atoms with Crippen molar-refractivity contribution in [2.24, 2.45) is 0 Å². The van der Waals surface area contributed by atoms with Crippen molar-refractivity contribution in [3.63, 3.8) is 0 Å². The molecular weight excluding hydrogens is 236 g/mol. The molecule has 1 aromatic rings. The van der Waals surface area contributed by atoms with Crippen LogP contribution in [0, 0.1) is 0 Å². The lowest BCUT2D eigenvalue weighted by molar-refractivity contribution is 0.288. The fraction of sp³-hybridized carbons (Fsp3) is 0.625. The van der Waals surface area contributed by atoms with E-state index in [1.165, 1.54) is 24.1 Å². The SMILES string of the molecule is CC(C)N(CCCO)c1ccccc1CNC1CC1. The van der Waals surface area contributed by atoms with E-state index in [0.717, 1.165) is 25.6 Å². The van der Waals surface area contributed by atoms with Gasteiger partial charge in [0, 0.05) is 37.5 Å². The molecule has 3 heteroatoms. The Morgan fingerprint density at radius 3 is 2.68 bits per heavy atom. The quantitative estimate of drug-likeness (QED) is 0.756. The standard InChI is InChI=1S/C16H26N2O/c1-13(2)18(10-5-11-19)16-7-4-3-6-14(16)12-17-15-8-9-15/h3-4,6-7,13,15,17,19H,5,8-12H2,1-2H3. The number of para-hydroxylation sites is 1. The van der Waals surface area contributed by atoms with Crippen LogP contribution in [-0.2, 0) is 6.54 Å². The summed E-state index contributed by atoms with van der Waals surface area (Å²) in [6.45, 7) is 6.54. The fourth-order valence-corrected chi connectivity index (χ4v) is 2.38. The molecule has 0 spiro atoms. The molecule has 0 aliphatic heterocycles. The van der Waals surface area contributed by atoms with Crippen molar-refractivity contribution in [2.75, 3.05) is 18.1 Å². The van der Waals surface area contributed by atoms with Crippen LogP contribution < -0.4 is 10.2 Å². The Morgan fingerprint density at radius 1 is 1.32 bits per heavy atom. The van der Waals surface area contributed by atoms with Gasteiger partial charge in [-0.25, -0.2) is 0 Å². The van der Waals surface area contributed by atoms with E-state index in [2.05, 4.69) is 48.3 Å². The Labute approximate surface area is 116 Å². The van der Waals surface area contributed by atoms with E-state index in [0.29, 0.717) is 6.04 Å². The monoisotopic (exact) mass is 262 g/mol. The number of hydrogen-bond donors (Lipinski definition) is 2. The van der Waals surface area contributed by atoms with Crippen LogP contribution in [0.1, 0.15) is 38.7 Å². The molecule has 1 fully saturated rings. The number of nitrogens with one attached hydrogen (secondary N) is 1. The molecule has 0 amide bonds. The summed E-state index contributed by atoms with van der Waals surface area (Å²) < 4.78 is 0. The highest BCUT2D eigenvalue weighted by atomic mass is 16.3. The van der Waals surface area contributed by atoms with Gasteiger partial charge in [0.2, 0.25) is 0 Å². The molecule has 19 heavy (non-hydrogen) atoms. The van der Waals surface area contributed by atoms with E-state index in [1.807, 2.05) is 0 Å². The predicted molar refractivity (Wildman–Crippen MR) is 80.5 cm³/mol. The number of aliphatic hydroxyl groups excluding tert-OH is 1. The lowest BCUT2D eigenvalue weighted by Crippen LogP contribution is -2.33. The number of rotatable bonds is 8. The predicted octanol–water partition coefficient (Wildman–Crippen LogP) is 2.54. The lowest BCUT2D eigenvalue weighted by atomic mass is 10.1. The normalized spacial score (nSPS) is 14.9. The van der Waals surface area contributed by atoms with Crippen LogP contribution in [-0.4, -0.2) is 30.3 Å². The van der Waals surface area contributed by atoms with E-state index in [9.17, 15) is 0 Å². The van der Waals surface area contributed by atoms with Crippen LogP contribution in [0.4, 0.5) is 5.69 Å². The second-order valence-electron chi connectivity index (χ2n) is 5.65. The second-order valence-corrected chi connectivity index (χ2v) is 5.65. The highest BCUT2D eigenvalue weighted by Gasteiger charge is 2.21. The molecule has 1 aliphatic carbocycles. The van der Waals surface area contributed by atoms with Gasteiger partial charge < -0.3 is 15.3 Å². The van der Waals surface area contributed by atoms with Crippen molar-refractivity contribution in [1.82, 2.24) is 5.32 Å². The average molecular weight is 262 g/mol. The Kier molecular flexibility index (Phi) is 5.23. The number of hydrogen-bond acceptors (Lipinski definition) is 3. The summed E-state index contributed by atoms with van der Waals surface area (Å²) >= 11 is 0. The van der Waals surface area contributed by atoms with Gasteiger partial charge in [0.15, 0.2) is 0 Å². The van der Waals surface area contributed by atoms with Gasteiger partial charge in [0.25, 0.3) is 0 Å². The number of aliphatic hydroxyl groups is 1. The Morgan fingerprint density at radius 2 is 2.05 bits per heavy atom. The minimum Gasteiger partial charge on any atom is -0.396 e. The molecule has 1 aliphatic rings. The summed E-state index contributed by atoms with van der Waals surface area (Å²) in [5.74, 6) is 0. The first-order valence-electron chi connectivity index (χ1n) is 7.41. The zero-order valence-corrected chi connectivity index (χ0v) is 12.1. The molecule has 0 atom stereocenters. The van der Waals surface area contributed by atoms with Gasteiger partial charge in [-0.3, -0.25) is 0 Å². The van der Waals surface area contributed by atoms with Crippen molar-refractivity contribution in [3.8, 4) is 0 Å². The van der Waals surface area contributed by atoms with E-state index >= 15 is 0 Å². The molecule has 1 saturated carbocycles. The Hall–Kier alpha value is -1.06. The van der Waals surface area contributed by atoms with Crippen molar-refractivity contribution in [1.29, 1.82) is 0 Å². The third-order valence-electron chi connectivity index (χ3n) is 3.64. The highest BCUT2D eigenvalue weighted by Crippen LogP contribution is 2.25.